The van der Waals surface area contributed by atoms with Gasteiger partial charge < -0.3 is 9.80 Å². The summed E-state index contributed by atoms with van der Waals surface area (Å²) in [4.78, 5) is 21.3. The monoisotopic (exact) mass is 450 g/mol. The molecule has 2 saturated heterocycles. The molecule has 34 heavy (non-hydrogen) atoms. The number of benzene rings is 1. The number of hydrogen-bond donors (Lipinski definition) is 1. The van der Waals surface area contributed by atoms with Crippen molar-refractivity contribution in [1.29, 1.82) is 5.26 Å². The molecular weight excluding hydrogens is 424 g/mol. The first-order valence-corrected chi connectivity index (χ1v) is 12.1. The summed E-state index contributed by atoms with van der Waals surface area (Å²) in [6.07, 6.45) is 6.49. The Labute approximate surface area is 198 Å². The molecule has 0 unspecified atom stereocenters. The van der Waals surface area contributed by atoms with Gasteiger partial charge in [-0.3, -0.25) is 9.89 Å². The maximum atomic E-state index is 12.0. The highest BCUT2D eigenvalue weighted by atomic mass is 16.2. The molecular formula is C27H26N6O. The van der Waals surface area contributed by atoms with Gasteiger partial charge in [0.25, 0.3) is 0 Å². The molecule has 3 aromatic rings. The molecule has 7 heteroatoms. The zero-order chi connectivity index (χ0) is 23.2. The van der Waals surface area contributed by atoms with E-state index in [0.29, 0.717) is 17.4 Å². The Morgan fingerprint density at radius 1 is 1.32 bits per heavy atom. The van der Waals surface area contributed by atoms with Crippen LogP contribution in [0, 0.1) is 29.6 Å². The van der Waals surface area contributed by atoms with E-state index in [2.05, 4.69) is 46.8 Å². The zero-order valence-corrected chi connectivity index (χ0v) is 19.3. The van der Waals surface area contributed by atoms with Crippen LogP contribution >= 0.6 is 0 Å². The van der Waals surface area contributed by atoms with Gasteiger partial charge in [0.15, 0.2) is 0 Å². The fourth-order valence-electron chi connectivity index (χ4n) is 6.74. The number of aromatic nitrogens is 3. The van der Waals surface area contributed by atoms with Crippen molar-refractivity contribution in [2.24, 2.45) is 11.3 Å². The topological polar surface area (TPSA) is 88.9 Å². The van der Waals surface area contributed by atoms with Crippen LogP contribution in [0.2, 0.25) is 0 Å². The summed E-state index contributed by atoms with van der Waals surface area (Å²) in [6, 6.07) is 6.76. The predicted octanol–water partition coefficient (Wildman–Crippen LogP) is 3.69. The van der Waals surface area contributed by atoms with Crippen molar-refractivity contribution in [3.8, 4) is 17.2 Å². The van der Waals surface area contributed by atoms with Crippen molar-refractivity contribution in [3.05, 3.63) is 53.4 Å². The molecule has 7 nitrogen and oxygen atoms in total. The second-order valence-electron chi connectivity index (χ2n) is 10.6. The Morgan fingerprint density at radius 2 is 2.18 bits per heavy atom. The van der Waals surface area contributed by atoms with Crippen molar-refractivity contribution >= 4 is 22.6 Å². The number of carbonyl (C=O) groups is 1. The minimum Gasteiger partial charge on any atom is -0.355 e. The van der Waals surface area contributed by atoms with Gasteiger partial charge in [0.05, 0.1) is 11.7 Å². The first-order valence-electron chi connectivity index (χ1n) is 12.1. The van der Waals surface area contributed by atoms with Crippen LogP contribution in [0.4, 0.5) is 5.82 Å². The lowest BCUT2D eigenvalue weighted by Gasteiger charge is -2.47. The number of fused-ring (bicyclic) bond motifs is 4. The molecule has 3 fully saturated rings. The van der Waals surface area contributed by atoms with Crippen LogP contribution in [0.15, 0.2) is 31.0 Å². The number of anilines is 1. The first-order chi connectivity index (χ1) is 16.5. The predicted molar refractivity (Wildman–Crippen MR) is 129 cm³/mol. The van der Waals surface area contributed by atoms with Gasteiger partial charge in [0.2, 0.25) is 5.91 Å². The number of H-pyrrole nitrogens is 1. The molecule has 4 heterocycles. The van der Waals surface area contributed by atoms with Gasteiger partial charge in [0, 0.05) is 48.2 Å². The minimum absolute atomic E-state index is 0.00244. The molecule has 1 aromatic carbocycles. The molecule has 2 atom stereocenters. The number of nitriles is 1. The van der Waals surface area contributed by atoms with Crippen molar-refractivity contribution in [3.63, 3.8) is 0 Å². The second kappa shape index (κ2) is 6.69. The summed E-state index contributed by atoms with van der Waals surface area (Å²) in [5, 5.41) is 19.0. The molecule has 0 radical (unpaired) electrons. The number of aryl methyl sites for hydroxylation is 1. The van der Waals surface area contributed by atoms with E-state index in [-0.39, 0.29) is 11.3 Å². The van der Waals surface area contributed by atoms with Gasteiger partial charge in [-0.2, -0.15) is 10.4 Å². The van der Waals surface area contributed by atoms with E-state index in [9.17, 15) is 10.1 Å². The Morgan fingerprint density at radius 3 is 2.97 bits per heavy atom. The smallest absolute Gasteiger partial charge is 0.245 e. The number of nitrogens with one attached hydrogen (secondary N) is 1. The third-order valence-electron chi connectivity index (χ3n) is 8.51. The summed E-state index contributed by atoms with van der Waals surface area (Å²) in [5.74, 6) is 2.02. The number of carbonyl (C=O) groups excluding carboxylic acids is 1. The summed E-state index contributed by atoms with van der Waals surface area (Å²) in [7, 11) is 0. The van der Waals surface area contributed by atoms with E-state index in [1.165, 1.54) is 23.8 Å². The number of likely N-dealkylation sites (tertiary alicyclic amines) is 1. The van der Waals surface area contributed by atoms with E-state index in [4.69, 9.17) is 4.98 Å². The molecule has 4 aliphatic rings. The van der Waals surface area contributed by atoms with E-state index in [1.807, 2.05) is 11.1 Å². The van der Waals surface area contributed by atoms with E-state index in [1.54, 1.807) is 0 Å². The summed E-state index contributed by atoms with van der Waals surface area (Å²) >= 11 is 0. The van der Waals surface area contributed by atoms with Gasteiger partial charge >= 0.3 is 0 Å². The molecule has 7 rings (SSSR count). The summed E-state index contributed by atoms with van der Waals surface area (Å²) in [5.41, 5.74) is 7.59. The van der Waals surface area contributed by atoms with Crippen LogP contribution in [-0.4, -0.2) is 52.2 Å². The average molecular weight is 451 g/mol. The number of aromatic amines is 1. The molecule has 0 bridgehead atoms. The number of rotatable bonds is 3. The first kappa shape index (κ1) is 19.8. The number of amides is 1. The normalized spacial score (nSPS) is 23.5. The van der Waals surface area contributed by atoms with Crippen molar-refractivity contribution in [2.45, 2.75) is 32.1 Å². The van der Waals surface area contributed by atoms with E-state index >= 15 is 0 Å². The molecule has 1 amide bonds. The van der Waals surface area contributed by atoms with Gasteiger partial charge in [-0.05, 0) is 66.9 Å². The van der Waals surface area contributed by atoms with Crippen molar-refractivity contribution in [2.75, 3.05) is 31.1 Å². The van der Waals surface area contributed by atoms with Gasteiger partial charge in [-0.1, -0.05) is 12.6 Å². The Hall–Kier alpha value is -3.66. The highest BCUT2D eigenvalue weighted by molar-refractivity contribution is 6.00. The third-order valence-corrected chi connectivity index (χ3v) is 8.51. The SMILES string of the molecule is C=CC(=O)N1CC2(CCN(c3nc4c(c(-c5c(C)ccc6[nH]ncc56)c3C#N)[C@H]3C[C@H]3C4)C2)C1. The average Bonchev–Trinajstić information content (AvgIpc) is 3.19. The van der Waals surface area contributed by atoms with Crippen molar-refractivity contribution in [1.82, 2.24) is 20.1 Å². The summed E-state index contributed by atoms with van der Waals surface area (Å²) < 4.78 is 0. The fourth-order valence-corrected chi connectivity index (χ4v) is 6.74. The van der Waals surface area contributed by atoms with E-state index in [0.717, 1.165) is 72.4 Å². The van der Waals surface area contributed by atoms with Crippen LogP contribution < -0.4 is 4.90 Å². The zero-order valence-electron chi connectivity index (χ0n) is 19.3. The number of hydrogen-bond acceptors (Lipinski definition) is 5. The largest absolute Gasteiger partial charge is 0.355 e. The van der Waals surface area contributed by atoms with Crippen LogP contribution in [0.3, 0.4) is 0 Å². The van der Waals surface area contributed by atoms with Crippen molar-refractivity contribution < 1.29 is 4.79 Å². The lowest BCUT2D eigenvalue weighted by molar-refractivity contribution is -0.136. The lowest BCUT2D eigenvalue weighted by atomic mass is 9.79. The quantitative estimate of drug-likeness (QED) is 0.615. The van der Waals surface area contributed by atoms with Crippen LogP contribution in [-0.2, 0) is 11.2 Å². The lowest BCUT2D eigenvalue weighted by Crippen LogP contribution is -2.59. The molecule has 2 aliphatic heterocycles. The second-order valence-corrected chi connectivity index (χ2v) is 10.6. The molecule has 170 valence electrons. The third kappa shape index (κ3) is 2.60. The van der Waals surface area contributed by atoms with E-state index < -0.39 is 0 Å². The fraction of sp³-hybridized carbons (Fsp3) is 0.407. The molecule has 2 aromatic heterocycles. The number of nitrogens with zero attached hydrogens (tertiary/aromatic N) is 5. The maximum Gasteiger partial charge on any atom is 0.245 e. The Balaban J connectivity index is 1.36. The maximum absolute atomic E-state index is 12.0. The minimum atomic E-state index is 0.00244. The Kier molecular flexibility index (Phi) is 3.89. The van der Waals surface area contributed by atoms with Gasteiger partial charge in [-0.15, -0.1) is 0 Å². The Bertz CT molecular complexity index is 1440. The summed E-state index contributed by atoms with van der Waals surface area (Å²) in [6.45, 7) is 8.94. The molecule has 1 saturated carbocycles. The number of pyridine rings is 1. The van der Waals surface area contributed by atoms with Gasteiger partial charge in [-0.25, -0.2) is 4.98 Å². The van der Waals surface area contributed by atoms with Crippen LogP contribution in [0.25, 0.3) is 22.0 Å². The highest BCUT2D eigenvalue weighted by Gasteiger charge is 2.51. The molecule has 1 spiro atoms. The standard InChI is InChI=1S/C27H26N6O/c1-3-22(34)33-13-27(14-33)6-7-32(12-27)26-18(10-28)25(24-17-8-16(17)9-21(24)30-26)23-15(2)4-5-20-19(23)11-29-31-20/h3-5,11,16-17H,1,6-9,12-14H2,2H3,(H,29,31)/t16-,17-/m0/s1. The van der Waals surface area contributed by atoms with Gasteiger partial charge in [0.1, 0.15) is 17.5 Å². The highest BCUT2D eigenvalue weighted by Crippen LogP contribution is 2.60. The molecule has 2 aliphatic carbocycles. The molecule has 1 N–H and O–H groups in total. The van der Waals surface area contributed by atoms with Crippen LogP contribution in [0.1, 0.15) is 41.1 Å². The van der Waals surface area contributed by atoms with Crippen LogP contribution in [0.5, 0.6) is 0 Å².